The van der Waals surface area contributed by atoms with Crippen molar-refractivity contribution in [1.29, 1.82) is 0 Å². The fourth-order valence-corrected chi connectivity index (χ4v) is 4.07. The molecular weight excluding hydrogens is 278 g/mol. The highest BCUT2D eigenvalue weighted by atomic mass is 15.1. The van der Waals surface area contributed by atoms with E-state index < -0.39 is 0 Å². The second kappa shape index (κ2) is 11.1. The van der Waals surface area contributed by atoms with E-state index in [0.29, 0.717) is 0 Å². The quantitative estimate of drug-likeness (QED) is 0.441. The molecule has 0 bridgehead atoms. The summed E-state index contributed by atoms with van der Waals surface area (Å²) >= 11 is 0. The van der Waals surface area contributed by atoms with E-state index in [1.165, 1.54) is 51.6 Å². The molecule has 1 unspecified atom stereocenters. The molecule has 1 rings (SSSR count). The largest absolute Gasteiger partial charge is 0.306 e. The SMILES string of the molecule is CC/C=C\C(=C(CC)CC)C(CC(C)C)CC1CCN(C)CC1. The minimum Gasteiger partial charge on any atom is -0.306 e. The number of hydrogen-bond donors (Lipinski definition) is 0. The second-order valence-electron chi connectivity index (χ2n) is 7.89. The zero-order valence-electron chi connectivity index (χ0n) is 16.7. The number of likely N-dealkylation sites (tertiary alicyclic amines) is 1. The Morgan fingerprint density at radius 2 is 1.70 bits per heavy atom. The van der Waals surface area contributed by atoms with E-state index in [9.17, 15) is 0 Å². The van der Waals surface area contributed by atoms with E-state index in [2.05, 4.69) is 58.7 Å². The topological polar surface area (TPSA) is 3.24 Å². The first kappa shape index (κ1) is 20.5. The predicted octanol–water partition coefficient (Wildman–Crippen LogP) is 6.46. The lowest BCUT2D eigenvalue weighted by Gasteiger charge is -2.33. The van der Waals surface area contributed by atoms with Crippen molar-refractivity contribution in [2.24, 2.45) is 17.8 Å². The molecule has 0 aromatic carbocycles. The highest BCUT2D eigenvalue weighted by Gasteiger charge is 2.24. The molecule has 0 saturated carbocycles. The van der Waals surface area contributed by atoms with Crippen molar-refractivity contribution in [2.45, 2.75) is 79.6 Å². The van der Waals surface area contributed by atoms with Crippen molar-refractivity contribution >= 4 is 0 Å². The lowest BCUT2D eigenvalue weighted by Crippen LogP contribution is -2.31. The molecule has 23 heavy (non-hydrogen) atoms. The molecule has 1 heteroatoms. The third-order valence-electron chi connectivity index (χ3n) is 5.45. The van der Waals surface area contributed by atoms with Crippen LogP contribution in [0.3, 0.4) is 0 Å². The fraction of sp³-hybridized carbons (Fsp3) is 0.818. The maximum absolute atomic E-state index is 2.49. The average molecular weight is 320 g/mol. The molecule has 1 nitrogen and oxygen atoms in total. The monoisotopic (exact) mass is 319 g/mol. The highest BCUT2D eigenvalue weighted by Crippen LogP contribution is 2.35. The van der Waals surface area contributed by atoms with E-state index in [0.717, 1.165) is 24.2 Å². The van der Waals surface area contributed by atoms with Crippen LogP contribution in [0.2, 0.25) is 0 Å². The minimum absolute atomic E-state index is 0.765. The van der Waals surface area contributed by atoms with Crippen LogP contribution in [0.15, 0.2) is 23.3 Å². The van der Waals surface area contributed by atoms with Crippen LogP contribution in [0.4, 0.5) is 0 Å². The van der Waals surface area contributed by atoms with E-state index in [4.69, 9.17) is 0 Å². The number of allylic oxidation sites excluding steroid dienone is 4. The van der Waals surface area contributed by atoms with Gasteiger partial charge < -0.3 is 4.90 Å². The van der Waals surface area contributed by atoms with Crippen LogP contribution in [0, 0.1) is 17.8 Å². The van der Waals surface area contributed by atoms with Crippen molar-refractivity contribution in [3.05, 3.63) is 23.3 Å². The summed E-state index contributed by atoms with van der Waals surface area (Å²) in [4.78, 5) is 2.49. The molecule has 134 valence electrons. The van der Waals surface area contributed by atoms with Gasteiger partial charge in [0.25, 0.3) is 0 Å². The Balaban J connectivity index is 2.95. The van der Waals surface area contributed by atoms with Crippen molar-refractivity contribution < 1.29 is 0 Å². The third-order valence-corrected chi connectivity index (χ3v) is 5.45. The standard InChI is InChI=1S/C22H41N/c1-7-10-11-22(20(8-2)9-3)21(16-18(4)5)17-19-12-14-23(6)15-13-19/h10-11,18-19,21H,7-9,12-17H2,1-6H3/b11-10-. The first-order valence-electron chi connectivity index (χ1n) is 10.1. The van der Waals surface area contributed by atoms with Crippen LogP contribution in [0.25, 0.3) is 0 Å². The van der Waals surface area contributed by atoms with E-state index in [-0.39, 0.29) is 0 Å². The molecule has 1 heterocycles. The lowest BCUT2D eigenvalue weighted by atomic mass is 9.77. The second-order valence-corrected chi connectivity index (χ2v) is 7.89. The van der Waals surface area contributed by atoms with Gasteiger partial charge in [-0.2, -0.15) is 0 Å². The molecule has 0 N–H and O–H groups in total. The summed E-state index contributed by atoms with van der Waals surface area (Å²) in [7, 11) is 2.27. The summed E-state index contributed by atoms with van der Waals surface area (Å²) in [6.45, 7) is 14.3. The molecule has 1 saturated heterocycles. The lowest BCUT2D eigenvalue weighted by molar-refractivity contribution is 0.196. The van der Waals surface area contributed by atoms with Crippen molar-refractivity contribution in [3.8, 4) is 0 Å². The van der Waals surface area contributed by atoms with Gasteiger partial charge in [0.2, 0.25) is 0 Å². The van der Waals surface area contributed by atoms with Crippen LogP contribution >= 0.6 is 0 Å². The first-order valence-corrected chi connectivity index (χ1v) is 10.1. The first-order chi connectivity index (χ1) is 11.0. The van der Waals surface area contributed by atoms with Gasteiger partial charge in [0.05, 0.1) is 0 Å². The molecule has 0 aromatic rings. The van der Waals surface area contributed by atoms with E-state index in [1.807, 2.05) is 0 Å². The predicted molar refractivity (Wildman–Crippen MR) is 105 cm³/mol. The molecule has 1 atom stereocenters. The Hall–Kier alpha value is -0.560. The molecule has 1 aliphatic heterocycles. The number of rotatable bonds is 9. The van der Waals surface area contributed by atoms with Gasteiger partial charge in [-0.3, -0.25) is 0 Å². The van der Waals surface area contributed by atoms with Gasteiger partial charge >= 0.3 is 0 Å². The Morgan fingerprint density at radius 3 is 2.17 bits per heavy atom. The summed E-state index contributed by atoms with van der Waals surface area (Å²) in [5, 5.41) is 0. The molecule has 0 radical (unpaired) electrons. The Labute approximate surface area is 146 Å². The number of nitrogens with zero attached hydrogens (tertiary/aromatic N) is 1. The number of hydrogen-bond acceptors (Lipinski definition) is 1. The van der Waals surface area contributed by atoms with Gasteiger partial charge in [-0.1, -0.05) is 52.3 Å². The Kier molecular flexibility index (Phi) is 9.86. The summed E-state index contributed by atoms with van der Waals surface area (Å²) in [6, 6.07) is 0. The molecule has 0 spiro atoms. The maximum atomic E-state index is 2.49. The van der Waals surface area contributed by atoms with Gasteiger partial charge in [0.15, 0.2) is 0 Å². The Morgan fingerprint density at radius 1 is 1.09 bits per heavy atom. The van der Waals surface area contributed by atoms with Crippen LogP contribution in [-0.2, 0) is 0 Å². The molecule has 0 aliphatic carbocycles. The zero-order valence-corrected chi connectivity index (χ0v) is 16.7. The van der Waals surface area contributed by atoms with Gasteiger partial charge in [-0.15, -0.1) is 0 Å². The third kappa shape index (κ3) is 7.25. The Bertz CT molecular complexity index is 363. The van der Waals surface area contributed by atoms with Crippen molar-refractivity contribution in [3.63, 3.8) is 0 Å². The molecule has 1 aliphatic rings. The molecule has 1 fully saturated rings. The summed E-state index contributed by atoms with van der Waals surface area (Å²) < 4.78 is 0. The average Bonchev–Trinajstić information content (AvgIpc) is 2.52. The van der Waals surface area contributed by atoms with Crippen LogP contribution in [0.5, 0.6) is 0 Å². The van der Waals surface area contributed by atoms with Crippen LogP contribution < -0.4 is 0 Å². The van der Waals surface area contributed by atoms with Gasteiger partial charge in [-0.25, -0.2) is 0 Å². The highest BCUT2D eigenvalue weighted by molar-refractivity contribution is 5.28. The molecule has 0 amide bonds. The molecular formula is C22H41N. The maximum Gasteiger partial charge on any atom is -0.00191 e. The van der Waals surface area contributed by atoms with E-state index in [1.54, 1.807) is 11.1 Å². The zero-order chi connectivity index (χ0) is 17.2. The summed E-state index contributed by atoms with van der Waals surface area (Å²) in [6.07, 6.45) is 14.0. The van der Waals surface area contributed by atoms with Crippen LogP contribution in [-0.4, -0.2) is 25.0 Å². The normalized spacial score (nSPS) is 18.7. The number of piperidine rings is 1. The van der Waals surface area contributed by atoms with Crippen molar-refractivity contribution in [1.82, 2.24) is 4.90 Å². The fourth-order valence-electron chi connectivity index (χ4n) is 4.07. The van der Waals surface area contributed by atoms with Gasteiger partial charge in [0, 0.05) is 0 Å². The van der Waals surface area contributed by atoms with Gasteiger partial charge in [-0.05, 0) is 88.4 Å². The minimum atomic E-state index is 0.765. The van der Waals surface area contributed by atoms with Gasteiger partial charge in [0.1, 0.15) is 0 Å². The van der Waals surface area contributed by atoms with Crippen LogP contribution in [0.1, 0.15) is 79.6 Å². The summed E-state index contributed by atoms with van der Waals surface area (Å²) in [5.41, 5.74) is 3.37. The smallest absolute Gasteiger partial charge is 0.00191 e. The van der Waals surface area contributed by atoms with Crippen molar-refractivity contribution in [2.75, 3.05) is 20.1 Å². The van der Waals surface area contributed by atoms with E-state index >= 15 is 0 Å². The molecule has 0 aromatic heterocycles. The summed E-state index contributed by atoms with van der Waals surface area (Å²) in [5.74, 6) is 2.47.